The van der Waals surface area contributed by atoms with Gasteiger partial charge in [-0.3, -0.25) is 4.79 Å². The normalized spacial score (nSPS) is 15.4. The first-order chi connectivity index (χ1) is 14.8. The van der Waals surface area contributed by atoms with Gasteiger partial charge in [-0.15, -0.1) is 0 Å². The van der Waals surface area contributed by atoms with Crippen molar-refractivity contribution in [1.82, 2.24) is 0 Å². The Labute approximate surface area is 191 Å². The first kappa shape index (κ1) is 23.4. The van der Waals surface area contributed by atoms with Crippen LogP contribution in [0.25, 0.3) is 0 Å². The fraction of sp³-hybridized carbons (Fsp3) is 0.391. The molecule has 0 saturated carbocycles. The van der Waals surface area contributed by atoms with E-state index in [-0.39, 0.29) is 17.6 Å². The number of amides is 1. The summed E-state index contributed by atoms with van der Waals surface area (Å²) in [5, 5.41) is 3.87. The lowest BCUT2D eigenvalue weighted by Gasteiger charge is -2.37. The lowest BCUT2D eigenvalue weighted by Crippen LogP contribution is -2.45. The molecule has 0 spiro atoms. The molecule has 1 aliphatic rings. The maximum Gasteiger partial charge on any atom is 0.341 e. The van der Waals surface area contributed by atoms with Crippen LogP contribution < -0.4 is 10.1 Å². The van der Waals surface area contributed by atoms with Crippen molar-refractivity contribution < 1.29 is 23.8 Å². The average molecular weight is 466 g/mol. The quantitative estimate of drug-likeness (QED) is 0.589. The Hall–Kier alpha value is -2.28. The van der Waals surface area contributed by atoms with Gasteiger partial charge in [0.05, 0.1) is 18.6 Å². The van der Waals surface area contributed by atoms with E-state index in [2.05, 4.69) is 5.32 Å². The number of hydrogen-bond donors (Lipinski definition) is 1. The van der Waals surface area contributed by atoms with Crippen LogP contribution in [0, 0.1) is 0 Å². The van der Waals surface area contributed by atoms with Crippen molar-refractivity contribution in [1.29, 1.82) is 0 Å². The minimum atomic E-state index is -0.877. The van der Waals surface area contributed by atoms with Crippen LogP contribution in [0.2, 0.25) is 10.0 Å². The number of benzene rings is 2. The molecule has 166 valence electrons. The second kappa shape index (κ2) is 9.90. The van der Waals surface area contributed by atoms with Crippen LogP contribution in [0.1, 0.15) is 42.6 Å². The van der Waals surface area contributed by atoms with Crippen molar-refractivity contribution in [2.75, 3.05) is 25.6 Å². The molecule has 0 unspecified atom stereocenters. The summed E-state index contributed by atoms with van der Waals surface area (Å²) in [7, 11) is 1.30. The number of nitrogens with one attached hydrogen (secondary N) is 1. The SMILES string of the molecule is COC(=O)c1cc(NC(=O)C2(c3ccc(Cl)cc3Cl)CCOCC2)ccc1OC(C)C. The summed E-state index contributed by atoms with van der Waals surface area (Å²) in [5.74, 6) is -0.386. The summed E-state index contributed by atoms with van der Waals surface area (Å²) >= 11 is 12.5. The largest absolute Gasteiger partial charge is 0.490 e. The molecule has 0 atom stereocenters. The van der Waals surface area contributed by atoms with Crippen molar-refractivity contribution in [3.8, 4) is 5.75 Å². The Morgan fingerprint density at radius 1 is 1.10 bits per heavy atom. The molecular weight excluding hydrogens is 441 g/mol. The highest BCUT2D eigenvalue weighted by atomic mass is 35.5. The van der Waals surface area contributed by atoms with E-state index in [0.29, 0.717) is 53.1 Å². The minimum Gasteiger partial charge on any atom is -0.490 e. The van der Waals surface area contributed by atoms with E-state index in [1.54, 1.807) is 36.4 Å². The molecule has 31 heavy (non-hydrogen) atoms. The number of anilines is 1. The molecule has 2 aromatic rings. The van der Waals surface area contributed by atoms with Gasteiger partial charge in [0.1, 0.15) is 11.3 Å². The van der Waals surface area contributed by atoms with Gasteiger partial charge in [-0.25, -0.2) is 4.79 Å². The zero-order chi connectivity index (χ0) is 22.6. The monoisotopic (exact) mass is 465 g/mol. The van der Waals surface area contributed by atoms with Crippen molar-refractivity contribution in [2.45, 2.75) is 38.2 Å². The fourth-order valence-corrected chi connectivity index (χ4v) is 4.29. The smallest absolute Gasteiger partial charge is 0.341 e. The molecule has 0 aliphatic carbocycles. The maximum absolute atomic E-state index is 13.5. The Morgan fingerprint density at radius 2 is 1.81 bits per heavy atom. The van der Waals surface area contributed by atoms with Crippen LogP contribution >= 0.6 is 23.2 Å². The summed E-state index contributed by atoms with van der Waals surface area (Å²) < 4.78 is 16.1. The van der Waals surface area contributed by atoms with Crippen molar-refractivity contribution in [3.05, 3.63) is 57.6 Å². The third-order valence-corrected chi connectivity index (χ3v) is 5.78. The highest BCUT2D eigenvalue weighted by molar-refractivity contribution is 6.35. The number of carbonyl (C=O) groups is 2. The molecule has 0 bridgehead atoms. The minimum absolute atomic E-state index is 0.124. The van der Waals surface area contributed by atoms with Crippen LogP contribution in [-0.4, -0.2) is 38.3 Å². The van der Waals surface area contributed by atoms with Gasteiger partial charge in [-0.05, 0) is 62.6 Å². The third kappa shape index (κ3) is 5.14. The zero-order valence-corrected chi connectivity index (χ0v) is 19.2. The van der Waals surface area contributed by atoms with E-state index in [4.69, 9.17) is 37.4 Å². The molecule has 0 aromatic heterocycles. The molecule has 2 aromatic carbocycles. The summed E-state index contributed by atoms with van der Waals surface area (Å²) in [4.78, 5) is 25.8. The van der Waals surface area contributed by atoms with E-state index in [1.165, 1.54) is 7.11 Å². The Morgan fingerprint density at radius 3 is 2.42 bits per heavy atom. The number of methoxy groups -OCH3 is 1. The molecule has 1 heterocycles. The van der Waals surface area contributed by atoms with Gasteiger partial charge in [0.2, 0.25) is 5.91 Å². The van der Waals surface area contributed by atoms with Crippen LogP contribution in [0.4, 0.5) is 5.69 Å². The second-order valence-electron chi connectivity index (χ2n) is 7.64. The summed E-state index contributed by atoms with van der Waals surface area (Å²) in [6, 6.07) is 10.0. The van der Waals surface area contributed by atoms with Crippen LogP contribution in [-0.2, 0) is 19.7 Å². The second-order valence-corrected chi connectivity index (χ2v) is 8.49. The average Bonchev–Trinajstić information content (AvgIpc) is 2.74. The van der Waals surface area contributed by atoms with Gasteiger partial charge in [-0.1, -0.05) is 29.3 Å². The summed E-state index contributed by atoms with van der Waals surface area (Å²) in [6.07, 6.45) is 0.818. The zero-order valence-electron chi connectivity index (χ0n) is 17.7. The molecular formula is C23H25Cl2NO5. The number of rotatable bonds is 6. The van der Waals surface area contributed by atoms with Gasteiger partial charge < -0.3 is 19.5 Å². The van der Waals surface area contributed by atoms with Crippen molar-refractivity contribution in [2.24, 2.45) is 0 Å². The number of halogens is 2. The topological polar surface area (TPSA) is 73.9 Å². The molecule has 1 aliphatic heterocycles. The van der Waals surface area contributed by atoms with Crippen molar-refractivity contribution >= 4 is 40.8 Å². The first-order valence-electron chi connectivity index (χ1n) is 10.0. The maximum atomic E-state index is 13.5. The Kier molecular flexibility index (Phi) is 7.46. The van der Waals surface area contributed by atoms with Crippen LogP contribution in [0.5, 0.6) is 5.75 Å². The Balaban J connectivity index is 1.96. The summed E-state index contributed by atoms with van der Waals surface area (Å²) in [6.45, 7) is 4.59. The molecule has 8 heteroatoms. The lowest BCUT2D eigenvalue weighted by atomic mass is 9.73. The molecule has 1 fully saturated rings. The van der Waals surface area contributed by atoms with Crippen LogP contribution in [0.3, 0.4) is 0 Å². The van der Waals surface area contributed by atoms with Crippen LogP contribution in [0.15, 0.2) is 36.4 Å². The van der Waals surface area contributed by atoms with Gasteiger partial charge in [-0.2, -0.15) is 0 Å². The number of carbonyl (C=O) groups excluding carboxylic acids is 2. The van der Waals surface area contributed by atoms with Gasteiger partial charge >= 0.3 is 5.97 Å². The highest BCUT2D eigenvalue weighted by Gasteiger charge is 2.43. The number of hydrogen-bond acceptors (Lipinski definition) is 5. The molecule has 6 nitrogen and oxygen atoms in total. The molecule has 0 radical (unpaired) electrons. The van der Waals surface area contributed by atoms with Gasteiger partial charge in [0.15, 0.2) is 0 Å². The standard InChI is InChI=1S/C23H25Cl2NO5/c1-14(2)31-20-7-5-16(13-17(20)21(27)29-3)26-22(28)23(8-10-30-11-9-23)18-6-4-15(24)12-19(18)25/h4-7,12-14H,8-11H2,1-3H3,(H,26,28). The first-order valence-corrected chi connectivity index (χ1v) is 10.8. The molecule has 3 rings (SSSR count). The van der Waals surface area contributed by atoms with Crippen molar-refractivity contribution in [3.63, 3.8) is 0 Å². The van der Waals surface area contributed by atoms with E-state index >= 15 is 0 Å². The predicted octanol–water partition coefficient (Wildman–Crippen LogP) is 5.25. The number of ether oxygens (including phenoxy) is 3. The highest BCUT2D eigenvalue weighted by Crippen LogP contribution is 2.41. The van der Waals surface area contributed by atoms with E-state index < -0.39 is 11.4 Å². The van der Waals surface area contributed by atoms with E-state index in [0.717, 1.165) is 0 Å². The lowest BCUT2D eigenvalue weighted by molar-refractivity contribution is -0.125. The fourth-order valence-electron chi connectivity index (χ4n) is 3.70. The predicted molar refractivity (Wildman–Crippen MR) is 120 cm³/mol. The molecule has 1 amide bonds. The molecule has 1 N–H and O–H groups in total. The van der Waals surface area contributed by atoms with Gasteiger partial charge in [0.25, 0.3) is 0 Å². The van der Waals surface area contributed by atoms with Gasteiger partial charge in [0, 0.05) is 28.9 Å². The third-order valence-electron chi connectivity index (χ3n) is 5.23. The number of esters is 1. The van der Waals surface area contributed by atoms with E-state index in [9.17, 15) is 9.59 Å². The molecule has 1 saturated heterocycles. The Bertz CT molecular complexity index is 970. The van der Waals surface area contributed by atoms with E-state index in [1.807, 2.05) is 13.8 Å². The summed E-state index contributed by atoms with van der Waals surface area (Å²) in [5.41, 5.74) is 0.516.